The van der Waals surface area contributed by atoms with Crippen LogP contribution in [0.4, 0.5) is 0 Å². The second-order valence-electron chi connectivity index (χ2n) is 9.06. The van der Waals surface area contributed by atoms with E-state index in [1.165, 1.54) is 55.2 Å². The van der Waals surface area contributed by atoms with Gasteiger partial charge in [-0.3, -0.25) is 4.52 Å². The second kappa shape index (κ2) is 9.89. The smallest absolute Gasteiger partial charge is 0.323 e. The molecule has 1 aromatic carbocycles. The minimum Gasteiger partial charge on any atom is -0.323 e. The highest BCUT2D eigenvalue weighted by Gasteiger charge is 2.38. The number of hydrogen-bond acceptors (Lipinski definition) is 3. The number of phosphoric ester groups is 1. The Hall–Kier alpha value is -0.970. The lowest BCUT2D eigenvalue weighted by Gasteiger charge is -2.27. The van der Waals surface area contributed by atoms with Crippen molar-refractivity contribution in [3.8, 4) is 0 Å². The Morgan fingerprint density at radius 3 is 2.86 bits per heavy atom. The van der Waals surface area contributed by atoms with Gasteiger partial charge < -0.3 is 15.5 Å². The molecule has 2 aliphatic rings. The summed E-state index contributed by atoms with van der Waals surface area (Å²) in [4.78, 5) is 17.9. The summed E-state index contributed by atoms with van der Waals surface area (Å²) in [5, 5.41) is 0. The highest BCUT2D eigenvalue weighted by molar-refractivity contribution is 7.46. The van der Waals surface area contributed by atoms with Crippen LogP contribution >= 0.6 is 7.82 Å². The summed E-state index contributed by atoms with van der Waals surface area (Å²) in [6.07, 6.45) is 15.5. The first kappa shape index (κ1) is 22.7. The van der Waals surface area contributed by atoms with Gasteiger partial charge >= 0.3 is 7.82 Å². The molecule has 0 bridgehead atoms. The van der Waals surface area contributed by atoms with Crippen molar-refractivity contribution in [3.05, 3.63) is 47.0 Å². The number of unbranched alkanes of at least 4 members (excludes halogenated alkanes) is 2. The summed E-state index contributed by atoms with van der Waals surface area (Å²) in [6.45, 7) is 2.00. The molecule has 1 saturated carbocycles. The summed E-state index contributed by atoms with van der Waals surface area (Å²) in [5.74, 6) is 1.15. The maximum absolute atomic E-state index is 11.0. The highest BCUT2D eigenvalue weighted by atomic mass is 31.2. The molecule has 162 valence electrons. The summed E-state index contributed by atoms with van der Waals surface area (Å²) < 4.78 is 15.7. The van der Waals surface area contributed by atoms with E-state index in [0.29, 0.717) is 12.3 Å². The number of allylic oxidation sites excluding steroid dienone is 2. The zero-order chi connectivity index (χ0) is 20.9. The monoisotopic (exact) mass is 421 g/mol. The summed E-state index contributed by atoms with van der Waals surface area (Å²) >= 11 is 0. The van der Waals surface area contributed by atoms with Crippen LogP contribution in [0.3, 0.4) is 0 Å². The molecule has 2 aliphatic carbocycles. The summed E-state index contributed by atoms with van der Waals surface area (Å²) in [6, 6.07) is 6.91. The maximum Gasteiger partial charge on any atom is 0.469 e. The first-order chi connectivity index (χ1) is 13.8. The fourth-order valence-corrected chi connectivity index (χ4v) is 5.42. The lowest BCUT2D eigenvalue weighted by molar-refractivity contribution is 0.153. The number of hydrogen-bond donors (Lipinski definition) is 3. The van der Waals surface area contributed by atoms with E-state index in [-0.39, 0.29) is 6.61 Å². The lowest BCUT2D eigenvalue weighted by atomic mass is 9.79. The van der Waals surface area contributed by atoms with E-state index in [0.717, 1.165) is 25.2 Å². The van der Waals surface area contributed by atoms with Gasteiger partial charge in [0, 0.05) is 5.54 Å². The van der Waals surface area contributed by atoms with E-state index >= 15 is 0 Å². The van der Waals surface area contributed by atoms with E-state index in [9.17, 15) is 4.57 Å². The summed E-state index contributed by atoms with van der Waals surface area (Å²) in [5.41, 5.74) is 10.00. The van der Waals surface area contributed by atoms with E-state index < -0.39 is 13.4 Å². The molecule has 0 radical (unpaired) electrons. The SMILES string of the molecule is C/C=C\CCCC[C@H]1CCc2cc([C@H]3CC[C@](N)(COP(=O)(O)O)C3)ccc2C1. The molecule has 5 nitrogen and oxygen atoms in total. The normalized spacial score (nSPS) is 27.4. The van der Waals surface area contributed by atoms with Gasteiger partial charge in [-0.15, -0.1) is 0 Å². The Kier molecular flexibility index (Phi) is 7.75. The van der Waals surface area contributed by atoms with Gasteiger partial charge in [-0.2, -0.15) is 0 Å². The molecule has 0 aliphatic heterocycles. The van der Waals surface area contributed by atoms with Crippen LogP contribution in [0.15, 0.2) is 30.4 Å². The van der Waals surface area contributed by atoms with Crippen molar-refractivity contribution < 1.29 is 18.9 Å². The van der Waals surface area contributed by atoms with Crippen LogP contribution in [0.25, 0.3) is 0 Å². The Labute approximate surface area is 175 Å². The predicted octanol–water partition coefficient (Wildman–Crippen LogP) is 5.00. The number of phosphoric acid groups is 1. The zero-order valence-corrected chi connectivity index (χ0v) is 18.4. The molecule has 3 atom stereocenters. The van der Waals surface area contributed by atoms with Crippen molar-refractivity contribution >= 4 is 7.82 Å². The summed E-state index contributed by atoms with van der Waals surface area (Å²) in [7, 11) is -4.47. The average Bonchev–Trinajstić information content (AvgIpc) is 3.08. The van der Waals surface area contributed by atoms with Gasteiger partial charge in [0.2, 0.25) is 0 Å². The molecular weight excluding hydrogens is 385 g/mol. The van der Waals surface area contributed by atoms with Gasteiger partial charge in [0.1, 0.15) is 0 Å². The molecule has 0 spiro atoms. The van der Waals surface area contributed by atoms with Gasteiger partial charge in [-0.25, -0.2) is 4.57 Å². The molecular formula is C23H36NO4P. The standard InChI is InChI=1S/C23H36NO4P/c1-2-3-4-5-6-7-18-8-9-20-15-21(11-10-19(20)14-18)22-12-13-23(24,16-22)17-28-29(25,26)27/h2-3,10-11,15,18,22H,4-9,12-14,16-17,24H2,1H3,(H2,25,26,27)/b3-2-/t18-,22-,23+/m0/s1. The fraction of sp³-hybridized carbons (Fsp3) is 0.652. The molecule has 0 unspecified atom stereocenters. The van der Waals surface area contributed by atoms with Gasteiger partial charge in [0.25, 0.3) is 0 Å². The fourth-order valence-electron chi connectivity index (χ4n) is 5.00. The van der Waals surface area contributed by atoms with Crippen LogP contribution in [0.5, 0.6) is 0 Å². The third-order valence-corrected chi connectivity index (χ3v) is 7.13. The van der Waals surface area contributed by atoms with Crippen molar-refractivity contribution in [1.29, 1.82) is 0 Å². The Bertz CT molecular complexity index is 759. The third-order valence-electron chi connectivity index (χ3n) is 6.66. The van der Waals surface area contributed by atoms with Crippen LogP contribution in [-0.2, 0) is 21.9 Å². The largest absolute Gasteiger partial charge is 0.469 e. The zero-order valence-electron chi connectivity index (χ0n) is 17.6. The van der Waals surface area contributed by atoms with Crippen molar-refractivity contribution in [3.63, 3.8) is 0 Å². The van der Waals surface area contributed by atoms with Crippen LogP contribution in [0, 0.1) is 5.92 Å². The van der Waals surface area contributed by atoms with Crippen molar-refractivity contribution in [2.45, 2.75) is 82.6 Å². The molecule has 4 N–H and O–H groups in total. The Morgan fingerprint density at radius 2 is 2.10 bits per heavy atom. The van der Waals surface area contributed by atoms with Crippen molar-refractivity contribution in [2.75, 3.05) is 6.61 Å². The van der Waals surface area contributed by atoms with Crippen molar-refractivity contribution in [1.82, 2.24) is 0 Å². The van der Waals surface area contributed by atoms with E-state index in [4.69, 9.17) is 20.0 Å². The lowest BCUT2D eigenvalue weighted by Crippen LogP contribution is -2.41. The number of aryl methyl sites for hydroxylation is 1. The van der Waals surface area contributed by atoms with Gasteiger partial charge in [0.05, 0.1) is 6.61 Å². The highest BCUT2D eigenvalue weighted by Crippen LogP contribution is 2.44. The van der Waals surface area contributed by atoms with Crippen LogP contribution in [0.2, 0.25) is 0 Å². The van der Waals surface area contributed by atoms with E-state index in [1.807, 2.05) is 0 Å². The molecule has 3 rings (SSSR count). The van der Waals surface area contributed by atoms with Crippen LogP contribution in [-0.4, -0.2) is 21.9 Å². The van der Waals surface area contributed by atoms with E-state index in [1.54, 1.807) is 0 Å². The third kappa shape index (κ3) is 6.77. The topological polar surface area (TPSA) is 92.8 Å². The first-order valence-electron chi connectivity index (χ1n) is 11.0. The number of rotatable bonds is 9. The molecule has 29 heavy (non-hydrogen) atoms. The first-order valence-corrected chi connectivity index (χ1v) is 12.5. The second-order valence-corrected chi connectivity index (χ2v) is 10.3. The Morgan fingerprint density at radius 1 is 1.28 bits per heavy atom. The Balaban J connectivity index is 1.53. The van der Waals surface area contributed by atoms with Gasteiger partial charge in [-0.1, -0.05) is 43.2 Å². The number of nitrogens with two attached hydrogens (primary N) is 1. The van der Waals surface area contributed by atoms with Gasteiger partial charge in [-0.05, 0) is 86.8 Å². The van der Waals surface area contributed by atoms with E-state index in [2.05, 4.69) is 37.3 Å². The molecule has 6 heteroatoms. The number of fused-ring (bicyclic) bond motifs is 1. The molecule has 0 aromatic heterocycles. The predicted molar refractivity (Wildman–Crippen MR) is 117 cm³/mol. The molecule has 1 fully saturated rings. The molecule has 0 heterocycles. The minimum atomic E-state index is -4.47. The van der Waals surface area contributed by atoms with Gasteiger partial charge in [0.15, 0.2) is 0 Å². The van der Waals surface area contributed by atoms with Crippen LogP contribution < -0.4 is 5.73 Å². The minimum absolute atomic E-state index is 0.0888. The quantitative estimate of drug-likeness (QED) is 0.296. The number of benzene rings is 1. The average molecular weight is 422 g/mol. The molecule has 1 aromatic rings. The molecule has 0 saturated heterocycles. The molecule has 0 amide bonds. The van der Waals surface area contributed by atoms with Crippen LogP contribution in [0.1, 0.15) is 80.9 Å². The maximum atomic E-state index is 11.0. The van der Waals surface area contributed by atoms with Crippen molar-refractivity contribution in [2.24, 2.45) is 11.7 Å².